The summed E-state index contributed by atoms with van der Waals surface area (Å²) in [5.41, 5.74) is 7.47. The molecule has 0 spiro atoms. The molecule has 0 heterocycles. The molecule has 1 atom stereocenters. The number of hydrogen-bond acceptors (Lipinski definition) is 3. The lowest BCUT2D eigenvalue weighted by Crippen LogP contribution is -2.37. The number of benzene rings is 3. The zero-order chi connectivity index (χ0) is 19.1. The van der Waals surface area contributed by atoms with E-state index in [4.69, 9.17) is 10.5 Å². The maximum absolute atomic E-state index is 12.5. The number of hydrogen-bond donors (Lipinski definition) is 2. The fourth-order valence-corrected chi connectivity index (χ4v) is 2.61. The Hall–Kier alpha value is -3.60. The van der Waals surface area contributed by atoms with Gasteiger partial charge in [-0.2, -0.15) is 0 Å². The predicted octanol–water partition coefficient (Wildman–Crippen LogP) is 3.22. The Balaban J connectivity index is 1.63. The Morgan fingerprint density at radius 2 is 1.44 bits per heavy atom. The average molecular weight is 360 g/mol. The lowest BCUT2D eigenvalue weighted by molar-refractivity contribution is -0.120. The molecule has 27 heavy (non-hydrogen) atoms. The van der Waals surface area contributed by atoms with Gasteiger partial charge in [0.15, 0.2) is 0 Å². The molecule has 2 amide bonds. The van der Waals surface area contributed by atoms with Gasteiger partial charge in [-0.25, -0.2) is 0 Å². The number of nitrogens with two attached hydrogens (primary N) is 1. The Morgan fingerprint density at radius 1 is 0.852 bits per heavy atom. The van der Waals surface area contributed by atoms with Crippen LogP contribution in [0.3, 0.4) is 0 Å². The first-order valence-corrected chi connectivity index (χ1v) is 8.55. The third-order valence-corrected chi connectivity index (χ3v) is 4.06. The second-order valence-electron chi connectivity index (χ2n) is 6.02. The summed E-state index contributed by atoms with van der Waals surface area (Å²) < 4.78 is 5.68. The highest BCUT2D eigenvalue weighted by atomic mass is 16.5. The van der Waals surface area contributed by atoms with Crippen molar-refractivity contribution in [1.82, 2.24) is 5.32 Å². The number of carbonyl (C=O) groups excluding carboxylic acids is 2. The summed E-state index contributed by atoms with van der Waals surface area (Å²) in [6, 6.07) is 24.6. The standard InChI is InChI=1S/C22H20N2O3/c23-21(25)20(17-7-3-1-4-8-17)24-22(26)18-13-11-16(12-14-18)15-27-19-9-5-2-6-10-19/h1-14,20H,15H2,(H2,23,25)(H,24,26). The van der Waals surface area contributed by atoms with E-state index in [9.17, 15) is 9.59 Å². The van der Waals surface area contributed by atoms with Crippen LogP contribution in [0.1, 0.15) is 27.5 Å². The molecular weight excluding hydrogens is 340 g/mol. The van der Waals surface area contributed by atoms with Gasteiger partial charge < -0.3 is 15.8 Å². The topological polar surface area (TPSA) is 81.4 Å². The van der Waals surface area contributed by atoms with Gasteiger partial charge in [0.2, 0.25) is 5.91 Å². The summed E-state index contributed by atoms with van der Waals surface area (Å²) in [5.74, 6) is -0.188. The van der Waals surface area contributed by atoms with Crippen LogP contribution in [0, 0.1) is 0 Å². The molecule has 0 saturated carbocycles. The number of rotatable bonds is 7. The van der Waals surface area contributed by atoms with Gasteiger partial charge in [0.05, 0.1) is 0 Å². The molecule has 0 bridgehead atoms. The van der Waals surface area contributed by atoms with E-state index in [1.807, 2.05) is 48.5 Å². The van der Waals surface area contributed by atoms with Gasteiger partial charge in [-0.15, -0.1) is 0 Å². The summed E-state index contributed by atoms with van der Waals surface area (Å²) in [6.07, 6.45) is 0. The molecule has 3 rings (SSSR count). The second-order valence-corrected chi connectivity index (χ2v) is 6.02. The minimum Gasteiger partial charge on any atom is -0.489 e. The smallest absolute Gasteiger partial charge is 0.252 e. The average Bonchev–Trinajstić information content (AvgIpc) is 2.72. The summed E-state index contributed by atoms with van der Waals surface area (Å²) >= 11 is 0. The van der Waals surface area contributed by atoms with Crippen molar-refractivity contribution in [2.75, 3.05) is 0 Å². The van der Waals surface area contributed by atoms with Crippen LogP contribution in [0.15, 0.2) is 84.9 Å². The van der Waals surface area contributed by atoms with Crippen molar-refractivity contribution in [2.24, 2.45) is 5.73 Å². The van der Waals surface area contributed by atoms with Crippen molar-refractivity contribution < 1.29 is 14.3 Å². The first kappa shape index (κ1) is 18.2. The van der Waals surface area contributed by atoms with Crippen LogP contribution in [-0.2, 0) is 11.4 Å². The van der Waals surface area contributed by atoms with Crippen molar-refractivity contribution in [1.29, 1.82) is 0 Å². The molecule has 3 N–H and O–H groups in total. The van der Waals surface area contributed by atoms with E-state index in [1.165, 1.54) is 0 Å². The van der Waals surface area contributed by atoms with Crippen LogP contribution in [0.2, 0.25) is 0 Å². The molecule has 0 radical (unpaired) electrons. The molecular formula is C22H20N2O3. The van der Waals surface area contributed by atoms with Gasteiger partial charge in [0, 0.05) is 5.56 Å². The monoisotopic (exact) mass is 360 g/mol. The van der Waals surface area contributed by atoms with Crippen molar-refractivity contribution in [2.45, 2.75) is 12.6 Å². The molecule has 0 aliphatic carbocycles. The lowest BCUT2D eigenvalue weighted by Gasteiger charge is -2.16. The van der Waals surface area contributed by atoms with Crippen molar-refractivity contribution >= 4 is 11.8 Å². The molecule has 0 fully saturated rings. The van der Waals surface area contributed by atoms with Crippen molar-refractivity contribution in [3.63, 3.8) is 0 Å². The highest BCUT2D eigenvalue weighted by Crippen LogP contribution is 2.15. The van der Waals surface area contributed by atoms with E-state index in [-0.39, 0.29) is 5.91 Å². The van der Waals surface area contributed by atoms with Gasteiger partial charge in [0.25, 0.3) is 5.91 Å². The van der Waals surface area contributed by atoms with Crippen LogP contribution in [0.25, 0.3) is 0 Å². The first-order chi connectivity index (χ1) is 13.1. The van der Waals surface area contributed by atoms with E-state index in [0.717, 1.165) is 11.3 Å². The lowest BCUT2D eigenvalue weighted by atomic mass is 10.1. The number of para-hydroxylation sites is 1. The number of nitrogens with one attached hydrogen (secondary N) is 1. The van der Waals surface area contributed by atoms with Gasteiger partial charge in [-0.3, -0.25) is 9.59 Å². The molecule has 3 aromatic rings. The molecule has 136 valence electrons. The van der Waals surface area contributed by atoms with E-state index in [1.54, 1.807) is 36.4 Å². The quantitative estimate of drug-likeness (QED) is 0.679. The largest absolute Gasteiger partial charge is 0.489 e. The van der Waals surface area contributed by atoms with Crippen LogP contribution >= 0.6 is 0 Å². The number of carbonyl (C=O) groups is 2. The van der Waals surface area contributed by atoms with Gasteiger partial charge in [-0.05, 0) is 35.4 Å². The molecule has 0 aliphatic rings. The third kappa shape index (κ3) is 4.95. The van der Waals surface area contributed by atoms with Gasteiger partial charge in [-0.1, -0.05) is 60.7 Å². The molecule has 0 aliphatic heterocycles. The molecule has 1 unspecified atom stereocenters. The van der Waals surface area contributed by atoms with E-state index in [0.29, 0.717) is 17.7 Å². The maximum atomic E-state index is 12.5. The van der Waals surface area contributed by atoms with Crippen molar-refractivity contribution in [3.8, 4) is 5.75 Å². The Morgan fingerprint density at radius 3 is 2.04 bits per heavy atom. The fourth-order valence-electron chi connectivity index (χ4n) is 2.61. The minimum atomic E-state index is -0.875. The molecule has 5 nitrogen and oxygen atoms in total. The minimum absolute atomic E-state index is 0.363. The van der Waals surface area contributed by atoms with Crippen LogP contribution in [0.4, 0.5) is 0 Å². The summed E-state index contributed by atoms with van der Waals surface area (Å²) in [5, 5.41) is 2.68. The van der Waals surface area contributed by atoms with Gasteiger partial charge >= 0.3 is 0 Å². The van der Waals surface area contributed by atoms with Crippen LogP contribution in [0.5, 0.6) is 5.75 Å². The molecule has 5 heteroatoms. The normalized spacial score (nSPS) is 11.4. The number of amides is 2. The second kappa shape index (κ2) is 8.67. The highest BCUT2D eigenvalue weighted by Gasteiger charge is 2.20. The molecule has 0 aromatic heterocycles. The maximum Gasteiger partial charge on any atom is 0.252 e. The van der Waals surface area contributed by atoms with E-state index in [2.05, 4.69) is 5.32 Å². The molecule has 0 saturated heterocycles. The summed E-state index contributed by atoms with van der Waals surface area (Å²) in [6.45, 7) is 0.403. The zero-order valence-electron chi connectivity index (χ0n) is 14.7. The SMILES string of the molecule is NC(=O)C(NC(=O)c1ccc(COc2ccccc2)cc1)c1ccccc1. The van der Waals surface area contributed by atoms with E-state index < -0.39 is 11.9 Å². The number of ether oxygens (including phenoxy) is 1. The number of primary amides is 1. The first-order valence-electron chi connectivity index (χ1n) is 8.55. The Bertz CT molecular complexity index is 894. The van der Waals surface area contributed by atoms with Crippen LogP contribution in [-0.4, -0.2) is 11.8 Å². The summed E-state index contributed by atoms with van der Waals surface area (Å²) in [4.78, 5) is 24.2. The predicted molar refractivity (Wildman–Crippen MR) is 103 cm³/mol. The third-order valence-electron chi connectivity index (χ3n) is 4.06. The Labute approximate surface area is 157 Å². The summed E-state index contributed by atoms with van der Waals surface area (Å²) in [7, 11) is 0. The fraction of sp³-hybridized carbons (Fsp3) is 0.0909. The van der Waals surface area contributed by atoms with E-state index >= 15 is 0 Å². The molecule has 3 aromatic carbocycles. The zero-order valence-corrected chi connectivity index (χ0v) is 14.7. The Kier molecular flexibility index (Phi) is 5.84. The van der Waals surface area contributed by atoms with Crippen molar-refractivity contribution in [3.05, 3.63) is 102 Å². The van der Waals surface area contributed by atoms with Crippen LogP contribution < -0.4 is 15.8 Å². The van der Waals surface area contributed by atoms with Gasteiger partial charge in [0.1, 0.15) is 18.4 Å². The highest BCUT2D eigenvalue weighted by molar-refractivity contribution is 5.97.